The zero-order valence-electron chi connectivity index (χ0n) is 17.3. The van der Waals surface area contributed by atoms with Gasteiger partial charge in [0.15, 0.2) is 0 Å². The molecule has 0 saturated heterocycles. The molecule has 152 valence electrons. The van der Waals surface area contributed by atoms with Gasteiger partial charge in [0.25, 0.3) is 0 Å². The van der Waals surface area contributed by atoms with Crippen molar-refractivity contribution < 1.29 is 14.6 Å². The number of fused-ring (bicyclic) bond motifs is 1. The third kappa shape index (κ3) is 3.85. The summed E-state index contributed by atoms with van der Waals surface area (Å²) in [6.45, 7) is 7.88. The molecule has 1 amide bonds. The molecule has 0 fully saturated rings. The molecule has 0 radical (unpaired) electrons. The molecule has 3 N–H and O–H groups in total. The lowest BCUT2D eigenvalue weighted by Gasteiger charge is -2.08. The summed E-state index contributed by atoms with van der Waals surface area (Å²) < 4.78 is 5.44. The van der Waals surface area contributed by atoms with E-state index in [-0.39, 0.29) is 5.75 Å². The van der Waals surface area contributed by atoms with Gasteiger partial charge in [-0.2, -0.15) is 0 Å². The number of rotatable bonds is 3. The second-order valence-electron chi connectivity index (χ2n) is 7.53. The molecule has 4 rings (SSSR count). The molecule has 0 aliphatic heterocycles. The highest BCUT2D eigenvalue weighted by Gasteiger charge is 2.13. The van der Waals surface area contributed by atoms with Crippen molar-refractivity contribution in [1.82, 2.24) is 9.97 Å². The first-order valence-electron chi connectivity index (χ1n) is 9.66. The fourth-order valence-corrected chi connectivity index (χ4v) is 3.55. The van der Waals surface area contributed by atoms with Gasteiger partial charge in [-0.1, -0.05) is 6.07 Å². The number of carbonyl (C=O) groups excluding carboxylic acids is 1. The lowest BCUT2D eigenvalue weighted by Crippen LogP contribution is -2.16. The molecule has 3 aromatic carbocycles. The van der Waals surface area contributed by atoms with Gasteiger partial charge in [-0.15, -0.1) is 0 Å². The summed E-state index contributed by atoms with van der Waals surface area (Å²) in [5, 5.41) is 12.5. The van der Waals surface area contributed by atoms with Crippen molar-refractivity contribution in [3.8, 4) is 22.9 Å². The molecule has 0 spiro atoms. The number of imidazole rings is 1. The van der Waals surface area contributed by atoms with Crippen LogP contribution in [0.1, 0.15) is 22.3 Å². The van der Waals surface area contributed by atoms with Crippen LogP contribution in [0.4, 0.5) is 10.5 Å². The van der Waals surface area contributed by atoms with Gasteiger partial charge in [0, 0.05) is 17.3 Å². The second-order valence-corrected chi connectivity index (χ2v) is 7.53. The van der Waals surface area contributed by atoms with E-state index in [0.29, 0.717) is 17.3 Å². The molecule has 0 unspecified atom stereocenters. The highest BCUT2D eigenvalue weighted by atomic mass is 16.6. The van der Waals surface area contributed by atoms with Crippen LogP contribution in [-0.4, -0.2) is 21.2 Å². The maximum absolute atomic E-state index is 12.3. The molecule has 6 nitrogen and oxygen atoms in total. The van der Waals surface area contributed by atoms with E-state index in [2.05, 4.69) is 15.3 Å². The number of amides is 1. The van der Waals surface area contributed by atoms with Crippen molar-refractivity contribution in [2.24, 2.45) is 0 Å². The second kappa shape index (κ2) is 7.55. The van der Waals surface area contributed by atoms with Crippen LogP contribution < -0.4 is 10.1 Å². The van der Waals surface area contributed by atoms with E-state index in [0.717, 1.165) is 38.9 Å². The SMILES string of the molecule is Cc1ccc(NC(=O)Oc2ccc3nc(-c4c(C)cc(O)cc4C)[nH]c3c2)cc1C. The van der Waals surface area contributed by atoms with Gasteiger partial charge in [-0.05, 0) is 86.3 Å². The number of ether oxygens (including phenoxy) is 1. The molecule has 1 heterocycles. The van der Waals surface area contributed by atoms with Crippen molar-refractivity contribution >= 4 is 22.8 Å². The topological polar surface area (TPSA) is 87.2 Å². The van der Waals surface area contributed by atoms with Gasteiger partial charge < -0.3 is 14.8 Å². The molecule has 1 aromatic heterocycles. The molecule has 0 bridgehead atoms. The highest BCUT2D eigenvalue weighted by Crippen LogP contribution is 2.31. The maximum Gasteiger partial charge on any atom is 0.417 e. The Bertz CT molecular complexity index is 1250. The number of phenols is 1. The number of carbonyl (C=O) groups is 1. The zero-order valence-corrected chi connectivity index (χ0v) is 17.3. The van der Waals surface area contributed by atoms with Crippen LogP contribution >= 0.6 is 0 Å². The minimum Gasteiger partial charge on any atom is -0.508 e. The highest BCUT2D eigenvalue weighted by molar-refractivity contribution is 5.88. The number of nitrogens with zero attached hydrogens (tertiary/aromatic N) is 1. The van der Waals surface area contributed by atoms with Gasteiger partial charge in [0.05, 0.1) is 11.0 Å². The molecule has 6 heteroatoms. The lowest BCUT2D eigenvalue weighted by atomic mass is 10.0. The summed E-state index contributed by atoms with van der Waals surface area (Å²) in [7, 11) is 0. The van der Waals surface area contributed by atoms with Crippen molar-refractivity contribution in [1.29, 1.82) is 0 Å². The Labute approximate surface area is 174 Å². The predicted octanol–water partition coefficient (Wildman–Crippen LogP) is 5.78. The Morgan fingerprint density at radius 3 is 2.37 bits per heavy atom. The minimum absolute atomic E-state index is 0.232. The molecule has 0 aliphatic rings. The summed E-state index contributed by atoms with van der Waals surface area (Å²) in [4.78, 5) is 20.2. The molecular formula is C24H23N3O3. The van der Waals surface area contributed by atoms with Crippen molar-refractivity contribution in [3.63, 3.8) is 0 Å². The van der Waals surface area contributed by atoms with E-state index in [1.54, 1.807) is 30.3 Å². The average molecular weight is 401 g/mol. The number of hydrogen-bond donors (Lipinski definition) is 3. The van der Waals surface area contributed by atoms with Crippen LogP contribution in [0.3, 0.4) is 0 Å². The summed E-state index contributed by atoms with van der Waals surface area (Å²) in [6, 6.07) is 14.4. The standard InChI is InChI=1S/C24H23N3O3/c1-13-5-6-17(9-14(13)2)25-24(29)30-19-7-8-20-21(12-19)27-23(26-20)22-15(3)10-18(28)11-16(22)4/h5-12,28H,1-4H3,(H,25,29)(H,26,27). The van der Waals surface area contributed by atoms with Crippen LogP contribution in [0.5, 0.6) is 11.5 Å². The third-order valence-electron chi connectivity index (χ3n) is 5.17. The van der Waals surface area contributed by atoms with Crippen LogP contribution in [0.2, 0.25) is 0 Å². The third-order valence-corrected chi connectivity index (χ3v) is 5.17. The van der Waals surface area contributed by atoms with E-state index >= 15 is 0 Å². The van der Waals surface area contributed by atoms with Crippen LogP contribution in [0, 0.1) is 27.7 Å². The number of nitrogens with one attached hydrogen (secondary N) is 2. The van der Waals surface area contributed by atoms with Crippen molar-refractivity contribution in [2.75, 3.05) is 5.32 Å². The first-order chi connectivity index (χ1) is 14.3. The number of aromatic amines is 1. The largest absolute Gasteiger partial charge is 0.508 e. The molecule has 0 aliphatic carbocycles. The molecule has 0 saturated carbocycles. The number of aryl methyl sites for hydroxylation is 4. The van der Waals surface area contributed by atoms with E-state index in [1.165, 1.54) is 0 Å². The monoisotopic (exact) mass is 401 g/mol. The Morgan fingerprint density at radius 1 is 0.933 bits per heavy atom. The molecule has 30 heavy (non-hydrogen) atoms. The fraction of sp³-hybridized carbons (Fsp3) is 0.167. The number of hydrogen-bond acceptors (Lipinski definition) is 4. The number of benzene rings is 3. The van der Waals surface area contributed by atoms with E-state index < -0.39 is 6.09 Å². The van der Waals surface area contributed by atoms with Crippen molar-refractivity contribution in [3.05, 3.63) is 70.8 Å². The average Bonchev–Trinajstić information content (AvgIpc) is 3.06. The lowest BCUT2D eigenvalue weighted by molar-refractivity contribution is 0.215. The Hall–Kier alpha value is -3.80. The van der Waals surface area contributed by atoms with E-state index in [1.807, 2.05) is 45.9 Å². The fourth-order valence-electron chi connectivity index (χ4n) is 3.55. The molecule has 0 atom stereocenters. The number of phenolic OH excluding ortho intramolecular Hbond substituents is 1. The van der Waals surface area contributed by atoms with E-state index in [4.69, 9.17) is 4.74 Å². The smallest absolute Gasteiger partial charge is 0.417 e. The van der Waals surface area contributed by atoms with Crippen LogP contribution in [0.25, 0.3) is 22.4 Å². The zero-order chi connectivity index (χ0) is 21.4. The predicted molar refractivity (Wildman–Crippen MR) is 118 cm³/mol. The summed E-state index contributed by atoms with van der Waals surface area (Å²) in [5.74, 6) is 1.35. The minimum atomic E-state index is -0.553. The van der Waals surface area contributed by atoms with Gasteiger partial charge in [0.2, 0.25) is 0 Å². The van der Waals surface area contributed by atoms with Gasteiger partial charge in [-0.3, -0.25) is 5.32 Å². The Balaban J connectivity index is 1.57. The summed E-state index contributed by atoms with van der Waals surface area (Å²) in [6.07, 6.45) is -0.553. The summed E-state index contributed by atoms with van der Waals surface area (Å²) in [5.41, 5.74) is 7.26. The number of anilines is 1. The van der Waals surface area contributed by atoms with Gasteiger partial charge in [0.1, 0.15) is 17.3 Å². The van der Waals surface area contributed by atoms with Crippen molar-refractivity contribution in [2.45, 2.75) is 27.7 Å². The Kier molecular flexibility index (Phi) is 4.91. The summed E-state index contributed by atoms with van der Waals surface area (Å²) >= 11 is 0. The first-order valence-corrected chi connectivity index (χ1v) is 9.66. The number of H-pyrrole nitrogens is 1. The maximum atomic E-state index is 12.3. The molecular weight excluding hydrogens is 378 g/mol. The Morgan fingerprint density at radius 2 is 1.67 bits per heavy atom. The van der Waals surface area contributed by atoms with Gasteiger partial charge >= 0.3 is 6.09 Å². The number of aromatic nitrogens is 2. The van der Waals surface area contributed by atoms with E-state index in [9.17, 15) is 9.90 Å². The van der Waals surface area contributed by atoms with Crippen LogP contribution in [-0.2, 0) is 0 Å². The first kappa shape index (κ1) is 19.5. The molecule has 4 aromatic rings. The van der Waals surface area contributed by atoms with Gasteiger partial charge in [-0.25, -0.2) is 9.78 Å². The normalized spacial score (nSPS) is 10.9. The quantitative estimate of drug-likeness (QED) is 0.406. The number of aromatic hydroxyl groups is 1. The van der Waals surface area contributed by atoms with Crippen LogP contribution in [0.15, 0.2) is 48.5 Å².